The van der Waals surface area contributed by atoms with Gasteiger partial charge in [0, 0.05) is 18.2 Å². The maximum Gasteiger partial charge on any atom is 0.573 e. The number of rotatable bonds is 2. The highest BCUT2D eigenvalue weighted by molar-refractivity contribution is 5.48. The Bertz CT molecular complexity index is 413. The third-order valence-corrected chi connectivity index (χ3v) is 1.57. The fourth-order valence-corrected chi connectivity index (χ4v) is 1.01. The van der Waals surface area contributed by atoms with Crippen LogP contribution in [0.25, 0.3) is 0 Å². The van der Waals surface area contributed by atoms with Crippen molar-refractivity contribution in [2.45, 2.75) is 12.9 Å². The molecular formula is C7H8F3N3O2. The molecule has 0 saturated heterocycles. The van der Waals surface area contributed by atoms with E-state index in [1.54, 1.807) is 0 Å². The van der Waals surface area contributed by atoms with Crippen LogP contribution in [0.1, 0.15) is 5.56 Å². The van der Waals surface area contributed by atoms with E-state index >= 15 is 0 Å². The molecule has 0 fully saturated rings. The first-order valence-corrected chi connectivity index (χ1v) is 3.81. The number of hydrogen-bond donors (Lipinski definition) is 3. The fraction of sp³-hybridized carbons (Fsp3) is 0.286. The van der Waals surface area contributed by atoms with Crippen LogP contribution in [0.4, 0.5) is 19.0 Å². The summed E-state index contributed by atoms with van der Waals surface area (Å²) in [5.74, 6) is -0.907. The number of nitrogens with two attached hydrogens (primary N) is 2. The van der Waals surface area contributed by atoms with Crippen LogP contribution in [-0.2, 0) is 6.54 Å². The first-order valence-electron chi connectivity index (χ1n) is 3.81. The topological polar surface area (TPSA) is 94.1 Å². The van der Waals surface area contributed by atoms with Crippen molar-refractivity contribution in [3.63, 3.8) is 0 Å². The summed E-state index contributed by atoms with van der Waals surface area (Å²) in [5, 5.41) is 0. The van der Waals surface area contributed by atoms with Crippen molar-refractivity contribution < 1.29 is 17.9 Å². The molecule has 0 aromatic carbocycles. The molecule has 1 aromatic heterocycles. The molecule has 5 nitrogen and oxygen atoms in total. The Morgan fingerprint density at radius 3 is 2.53 bits per heavy atom. The van der Waals surface area contributed by atoms with Crippen molar-refractivity contribution in [3.8, 4) is 5.75 Å². The van der Waals surface area contributed by atoms with Crippen LogP contribution in [0.2, 0.25) is 0 Å². The number of aromatic nitrogens is 1. The lowest BCUT2D eigenvalue weighted by molar-refractivity contribution is -0.274. The third kappa shape index (κ3) is 2.88. The second-order valence-corrected chi connectivity index (χ2v) is 2.64. The molecule has 8 heteroatoms. The minimum Gasteiger partial charge on any atom is -0.405 e. The van der Waals surface area contributed by atoms with Crippen LogP contribution in [0.3, 0.4) is 0 Å². The monoisotopic (exact) mass is 223 g/mol. The standard InChI is InChI=1S/C7H8F3N3O2/c8-7(9,10)15-4-1-5(14)13-6(12)3(4)2-11/h1H,2,11H2,(H3,12,13,14). The van der Waals surface area contributed by atoms with Gasteiger partial charge in [0.15, 0.2) is 0 Å². The maximum atomic E-state index is 11.9. The van der Waals surface area contributed by atoms with E-state index in [4.69, 9.17) is 11.5 Å². The van der Waals surface area contributed by atoms with Crippen LogP contribution in [-0.4, -0.2) is 11.3 Å². The van der Waals surface area contributed by atoms with Crippen molar-refractivity contribution in [2.75, 3.05) is 5.73 Å². The molecule has 0 aliphatic carbocycles. The third-order valence-electron chi connectivity index (χ3n) is 1.57. The van der Waals surface area contributed by atoms with Crippen molar-refractivity contribution in [2.24, 2.45) is 5.73 Å². The predicted octanol–water partition coefficient (Wildman–Crippen LogP) is 0.314. The van der Waals surface area contributed by atoms with E-state index in [1.165, 1.54) is 0 Å². The van der Waals surface area contributed by atoms with Crippen LogP contribution in [0.15, 0.2) is 10.9 Å². The summed E-state index contributed by atoms with van der Waals surface area (Å²) in [6, 6.07) is 0.645. The van der Waals surface area contributed by atoms with Gasteiger partial charge in [0.1, 0.15) is 11.6 Å². The van der Waals surface area contributed by atoms with Gasteiger partial charge in [-0.05, 0) is 0 Å². The van der Waals surface area contributed by atoms with Gasteiger partial charge in [-0.1, -0.05) is 0 Å². The van der Waals surface area contributed by atoms with Crippen LogP contribution < -0.4 is 21.8 Å². The second kappa shape index (κ2) is 3.81. The quantitative estimate of drug-likeness (QED) is 0.672. The molecule has 0 aliphatic rings. The first kappa shape index (κ1) is 11.4. The molecule has 1 heterocycles. The highest BCUT2D eigenvalue weighted by atomic mass is 19.4. The highest BCUT2D eigenvalue weighted by Crippen LogP contribution is 2.26. The molecule has 5 N–H and O–H groups in total. The summed E-state index contributed by atoms with van der Waals surface area (Å²) in [6.45, 7) is -0.270. The van der Waals surface area contributed by atoms with Gasteiger partial charge in [0.25, 0.3) is 5.56 Å². The predicted molar refractivity (Wildman–Crippen MR) is 46.0 cm³/mol. The number of anilines is 1. The van der Waals surface area contributed by atoms with Gasteiger partial charge in [-0.25, -0.2) is 0 Å². The van der Waals surface area contributed by atoms with E-state index in [2.05, 4.69) is 9.72 Å². The summed E-state index contributed by atoms with van der Waals surface area (Å²) >= 11 is 0. The number of H-pyrrole nitrogens is 1. The molecular weight excluding hydrogens is 215 g/mol. The Morgan fingerprint density at radius 2 is 2.07 bits per heavy atom. The Kier molecular flexibility index (Phi) is 2.89. The van der Waals surface area contributed by atoms with E-state index in [0.29, 0.717) is 6.07 Å². The summed E-state index contributed by atoms with van der Waals surface area (Å²) in [5.41, 5.74) is 9.56. The molecule has 0 radical (unpaired) electrons. The van der Waals surface area contributed by atoms with E-state index < -0.39 is 17.7 Å². The van der Waals surface area contributed by atoms with Crippen molar-refractivity contribution in [1.82, 2.24) is 4.98 Å². The molecule has 15 heavy (non-hydrogen) atoms. The van der Waals surface area contributed by atoms with E-state index in [-0.39, 0.29) is 17.9 Å². The van der Waals surface area contributed by atoms with Crippen LogP contribution in [0, 0.1) is 0 Å². The Labute approximate surface area is 81.8 Å². The molecule has 0 amide bonds. The van der Waals surface area contributed by atoms with Gasteiger partial charge >= 0.3 is 6.36 Å². The van der Waals surface area contributed by atoms with Crippen LogP contribution >= 0.6 is 0 Å². The summed E-state index contributed by atoms with van der Waals surface area (Å²) in [6.07, 6.45) is -4.88. The molecule has 0 bridgehead atoms. The zero-order valence-electron chi connectivity index (χ0n) is 7.39. The maximum absolute atomic E-state index is 11.9. The minimum absolute atomic E-state index is 0.0908. The molecule has 0 atom stereocenters. The van der Waals surface area contributed by atoms with E-state index in [0.717, 1.165) is 0 Å². The van der Waals surface area contributed by atoms with Gasteiger partial charge in [-0.15, -0.1) is 13.2 Å². The lowest BCUT2D eigenvalue weighted by Crippen LogP contribution is -2.22. The Hall–Kier alpha value is -1.70. The van der Waals surface area contributed by atoms with E-state index in [1.807, 2.05) is 0 Å². The van der Waals surface area contributed by atoms with Gasteiger partial charge in [-0.3, -0.25) is 4.79 Å². The van der Waals surface area contributed by atoms with E-state index in [9.17, 15) is 18.0 Å². The zero-order chi connectivity index (χ0) is 11.6. The molecule has 0 saturated carbocycles. The summed E-state index contributed by atoms with van der Waals surface area (Å²) < 4.78 is 39.3. The first-order chi connectivity index (χ1) is 6.83. The minimum atomic E-state index is -4.88. The van der Waals surface area contributed by atoms with Gasteiger partial charge in [0.05, 0.1) is 0 Å². The van der Waals surface area contributed by atoms with Crippen molar-refractivity contribution in [1.29, 1.82) is 0 Å². The molecule has 84 valence electrons. The number of halogens is 3. The number of nitrogens with one attached hydrogen (secondary N) is 1. The molecule has 1 rings (SSSR count). The number of aromatic amines is 1. The van der Waals surface area contributed by atoms with Crippen LogP contribution in [0.5, 0.6) is 5.75 Å². The molecule has 1 aromatic rings. The summed E-state index contributed by atoms with van der Waals surface area (Å²) in [7, 11) is 0. The van der Waals surface area contributed by atoms with Gasteiger partial charge in [-0.2, -0.15) is 0 Å². The smallest absolute Gasteiger partial charge is 0.405 e. The number of ether oxygens (including phenoxy) is 1. The van der Waals surface area contributed by atoms with Gasteiger partial charge in [0.2, 0.25) is 0 Å². The zero-order valence-corrected chi connectivity index (χ0v) is 7.39. The second-order valence-electron chi connectivity index (χ2n) is 2.64. The van der Waals surface area contributed by atoms with Crippen molar-refractivity contribution >= 4 is 5.82 Å². The highest BCUT2D eigenvalue weighted by Gasteiger charge is 2.32. The average Bonchev–Trinajstić information content (AvgIpc) is 1.99. The number of nitrogen functional groups attached to an aromatic ring is 1. The lowest BCUT2D eigenvalue weighted by Gasteiger charge is -2.12. The lowest BCUT2D eigenvalue weighted by atomic mass is 10.2. The Morgan fingerprint density at radius 1 is 1.47 bits per heavy atom. The number of pyridine rings is 1. The average molecular weight is 223 g/mol. The molecule has 0 spiro atoms. The SMILES string of the molecule is NCc1c(OC(F)(F)F)cc(=O)[nH]c1N. The molecule has 0 aliphatic heterocycles. The Balaban J connectivity index is 3.21. The number of alkyl halides is 3. The summed E-state index contributed by atoms with van der Waals surface area (Å²) in [4.78, 5) is 13.0. The number of hydrogen-bond acceptors (Lipinski definition) is 4. The molecule has 0 unspecified atom stereocenters. The normalized spacial score (nSPS) is 11.5. The fourth-order valence-electron chi connectivity index (χ4n) is 1.01. The van der Waals surface area contributed by atoms with Gasteiger partial charge < -0.3 is 21.2 Å². The largest absolute Gasteiger partial charge is 0.573 e. The van der Waals surface area contributed by atoms with Crippen molar-refractivity contribution in [3.05, 3.63) is 22.0 Å².